The summed E-state index contributed by atoms with van der Waals surface area (Å²) in [7, 11) is 0. The van der Waals surface area contributed by atoms with Crippen molar-refractivity contribution in [3.05, 3.63) is 0 Å². The van der Waals surface area contributed by atoms with Crippen molar-refractivity contribution >= 4 is 11.6 Å². The standard InChI is InChI=1S/C10H19ClO/c1-9(2,3)10(12)7-5-4-6-8(10)11/h8,12H,4-7H2,1-3H3/t8-,10+/m1/s1. The third-order valence-electron chi connectivity index (χ3n) is 3.08. The first-order valence-corrected chi connectivity index (χ1v) is 5.18. The van der Waals surface area contributed by atoms with Gasteiger partial charge in [-0.05, 0) is 18.3 Å². The molecule has 0 aromatic carbocycles. The van der Waals surface area contributed by atoms with Crippen LogP contribution in [0.5, 0.6) is 0 Å². The van der Waals surface area contributed by atoms with Crippen LogP contribution in [0.1, 0.15) is 46.5 Å². The molecule has 1 saturated carbocycles. The molecule has 1 aliphatic carbocycles. The molecule has 1 nitrogen and oxygen atoms in total. The Morgan fingerprint density at radius 1 is 1.33 bits per heavy atom. The average molecular weight is 191 g/mol. The van der Waals surface area contributed by atoms with Crippen LogP contribution in [0, 0.1) is 5.41 Å². The Bertz CT molecular complexity index is 162. The largest absolute Gasteiger partial charge is 0.388 e. The van der Waals surface area contributed by atoms with Gasteiger partial charge in [0.2, 0.25) is 0 Å². The SMILES string of the molecule is CC(C)(C)[C@]1(O)CCCC[C@H]1Cl. The molecule has 0 radical (unpaired) electrons. The second-order valence-electron chi connectivity index (χ2n) is 4.89. The number of rotatable bonds is 0. The van der Waals surface area contributed by atoms with E-state index in [2.05, 4.69) is 20.8 Å². The van der Waals surface area contributed by atoms with Gasteiger partial charge in [-0.2, -0.15) is 0 Å². The van der Waals surface area contributed by atoms with Gasteiger partial charge in [-0.3, -0.25) is 0 Å². The zero-order valence-electron chi connectivity index (χ0n) is 8.23. The Balaban J connectivity index is 2.79. The normalized spacial score (nSPS) is 38.2. The highest BCUT2D eigenvalue weighted by Gasteiger charge is 2.46. The van der Waals surface area contributed by atoms with Gasteiger partial charge in [0.25, 0.3) is 0 Å². The van der Waals surface area contributed by atoms with E-state index in [0.29, 0.717) is 0 Å². The van der Waals surface area contributed by atoms with Crippen LogP contribution < -0.4 is 0 Å². The van der Waals surface area contributed by atoms with Gasteiger partial charge >= 0.3 is 0 Å². The number of alkyl halides is 1. The van der Waals surface area contributed by atoms with Gasteiger partial charge in [-0.1, -0.05) is 33.6 Å². The number of halogens is 1. The molecule has 0 unspecified atom stereocenters. The lowest BCUT2D eigenvalue weighted by Gasteiger charge is -2.46. The van der Waals surface area contributed by atoms with Crippen molar-refractivity contribution in [2.45, 2.75) is 57.4 Å². The van der Waals surface area contributed by atoms with Crippen LogP contribution in [0.3, 0.4) is 0 Å². The van der Waals surface area contributed by atoms with Crippen LogP contribution in [0.2, 0.25) is 0 Å². The minimum absolute atomic E-state index is 0.0637. The highest BCUT2D eigenvalue weighted by Crippen LogP contribution is 2.44. The number of hydrogen-bond acceptors (Lipinski definition) is 1. The quantitative estimate of drug-likeness (QED) is 0.583. The van der Waals surface area contributed by atoms with Gasteiger partial charge in [0.15, 0.2) is 0 Å². The minimum atomic E-state index is -0.660. The van der Waals surface area contributed by atoms with Gasteiger partial charge in [0.1, 0.15) is 0 Å². The lowest BCUT2D eigenvalue weighted by Crippen LogP contribution is -2.52. The third kappa shape index (κ3) is 1.62. The molecule has 2 heteroatoms. The molecule has 0 heterocycles. The molecule has 1 rings (SSSR count). The molecule has 1 N–H and O–H groups in total. The van der Waals surface area contributed by atoms with Crippen LogP contribution in [0.25, 0.3) is 0 Å². The fraction of sp³-hybridized carbons (Fsp3) is 1.00. The van der Waals surface area contributed by atoms with E-state index in [4.69, 9.17) is 11.6 Å². The van der Waals surface area contributed by atoms with Gasteiger partial charge < -0.3 is 5.11 Å². The summed E-state index contributed by atoms with van der Waals surface area (Å²) in [6.45, 7) is 6.19. The lowest BCUT2D eigenvalue weighted by atomic mass is 9.68. The monoisotopic (exact) mass is 190 g/mol. The molecule has 0 aromatic rings. The molecule has 1 aliphatic rings. The Morgan fingerprint density at radius 2 is 1.92 bits per heavy atom. The Kier molecular flexibility index (Phi) is 2.75. The Hall–Kier alpha value is 0.250. The van der Waals surface area contributed by atoms with Gasteiger partial charge in [0, 0.05) is 0 Å². The van der Waals surface area contributed by atoms with Gasteiger partial charge in [-0.25, -0.2) is 0 Å². The van der Waals surface area contributed by atoms with Gasteiger partial charge in [-0.15, -0.1) is 11.6 Å². The molecule has 2 atom stereocenters. The van der Waals surface area contributed by atoms with Crippen LogP contribution in [-0.2, 0) is 0 Å². The topological polar surface area (TPSA) is 20.2 Å². The molecule has 0 saturated heterocycles. The molecule has 0 aliphatic heterocycles. The van der Waals surface area contributed by atoms with E-state index in [9.17, 15) is 5.11 Å². The maximum absolute atomic E-state index is 10.3. The first-order valence-electron chi connectivity index (χ1n) is 4.74. The first kappa shape index (κ1) is 10.3. The molecular formula is C10H19ClO. The first-order chi connectivity index (χ1) is 5.38. The van der Waals surface area contributed by atoms with Gasteiger partial charge in [0.05, 0.1) is 11.0 Å². The summed E-state index contributed by atoms with van der Waals surface area (Å²) in [5.74, 6) is 0. The van der Waals surface area contributed by atoms with E-state index in [-0.39, 0.29) is 10.8 Å². The summed E-state index contributed by atoms with van der Waals surface area (Å²) in [4.78, 5) is 0. The third-order valence-corrected chi connectivity index (χ3v) is 3.66. The smallest absolute Gasteiger partial charge is 0.0858 e. The van der Waals surface area contributed by atoms with E-state index in [1.54, 1.807) is 0 Å². The minimum Gasteiger partial charge on any atom is -0.388 e. The molecular weight excluding hydrogens is 172 g/mol. The summed E-state index contributed by atoms with van der Waals surface area (Å²) in [6, 6.07) is 0. The molecule has 0 bridgehead atoms. The molecule has 0 aromatic heterocycles. The van der Waals surface area contributed by atoms with Crippen molar-refractivity contribution in [3.8, 4) is 0 Å². The number of hydrogen-bond donors (Lipinski definition) is 1. The summed E-state index contributed by atoms with van der Waals surface area (Å²) < 4.78 is 0. The molecule has 0 spiro atoms. The predicted molar refractivity (Wildman–Crippen MR) is 52.5 cm³/mol. The zero-order chi connectivity index (χ0) is 9.41. The molecule has 72 valence electrons. The highest BCUT2D eigenvalue weighted by atomic mass is 35.5. The second kappa shape index (κ2) is 3.19. The van der Waals surface area contributed by atoms with E-state index in [0.717, 1.165) is 25.7 Å². The average Bonchev–Trinajstić information content (AvgIpc) is 1.93. The second-order valence-corrected chi connectivity index (χ2v) is 5.41. The Labute approximate surface area is 80.1 Å². The summed E-state index contributed by atoms with van der Waals surface area (Å²) in [5.41, 5.74) is -0.757. The maximum atomic E-state index is 10.3. The molecule has 0 amide bonds. The predicted octanol–water partition coefficient (Wildman–Crippen LogP) is 2.95. The Morgan fingerprint density at radius 3 is 2.25 bits per heavy atom. The van der Waals surface area contributed by atoms with E-state index in [1.807, 2.05) is 0 Å². The van der Waals surface area contributed by atoms with Crippen molar-refractivity contribution in [2.24, 2.45) is 5.41 Å². The van der Waals surface area contributed by atoms with Crippen LogP contribution >= 0.6 is 11.6 Å². The lowest BCUT2D eigenvalue weighted by molar-refractivity contribution is -0.0806. The van der Waals surface area contributed by atoms with E-state index >= 15 is 0 Å². The molecule has 1 fully saturated rings. The van der Waals surface area contributed by atoms with E-state index in [1.165, 1.54) is 0 Å². The fourth-order valence-corrected chi connectivity index (χ4v) is 2.55. The fourth-order valence-electron chi connectivity index (χ4n) is 1.96. The molecule has 12 heavy (non-hydrogen) atoms. The summed E-state index contributed by atoms with van der Waals surface area (Å²) >= 11 is 6.16. The van der Waals surface area contributed by atoms with Crippen molar-refractivity contribution in [1.82, 2.24) is 0 Å². The maximum Gasteiger partial charge on any atom is 0.0858 e. The van der Waals surface area contributed by atoms with Crippen LogP contribution in [0.15, 0.2) is 0 Å². The van der Waals surface area contributed by atoms with Crippen LogP contribution in [-0.4, -0.2) is 16.1 Å². The van der Waals surface area contributed by atoms with Crippen LogP contribution in [0.4, 0.5) is 0 Å². The van der Waals surface area contributed by atoms with Crippen molar-refractivity contribution in [1.29, 1.82) is 0 Å². The summed E-state index contributed by atoms with van der Waals surface area (Å²) in [6.07, 6.45) is 4.07. The van der Waals surface area contributed by atoms with Crippen molar-refractivity contribution in [3.63, 3.8) is 0 Å². The highest BCUT2D eigenvalue weighted by molar-refractivity contribution is 6.21. The van der Waals surface area contributed by atoms with Crippen molar-refractivity contribution in [2.75, 3.05) is 0 Å². The van der Waals surface area contributed by atoms with E-state index < -0.39 is 5.60 Å². The number of aliphatic hydroxyl groups is 1. The van der Waals surface area contributed by atoms with Crippen molar-refractivity contribution < 1.29 is 5.11 Å². The zero-order valence-corrected chi connectivity index (χ0v) is 8.99. The summed E-state index contributed by atoms with van der Waals surface area (Å²) in [5, 5.41) is 10.3.